The van der Waals surface area contributed by atoms with Gasteiger partial charge in [-0.2, -0.15) is 4.98 Å². The standard InChI is InChI=1S/C21H19N3O5/c1-13(2)14-7-9-15(10-8-14)20-22-18(29-23-20)12-27-19(25)11-24-16-5-3-4-6-17(16)28-21(24)26/h3-10,13H,11-12H2,1-2H3. The zero-order valence-electron chi connectivity index (χ0n) is 16.0. The largest absolute Gasteiger partial charge is 0.454 e. The summed E-state index contributed by atoms with van der Waals surface area (Å²) in [6.07, 6.45) is 0. The SMILES string of the molecule is CC(C)c1ccc(-c2noc(COC(=O)Cn3c(=O)oc4ccccc43)n2)cc1. The number of fused-ring (bicyclic) bond motifs is 1. The highest BCUT2D eigenvalue weighted by Crippen LogP contribution is 2.20. The van der Waals surface area contributed by atoms with Crippen molar-refractivity contribution in [3.05, 3.63) is 70.5 Å². The van der Waals surface area contributed by atoms with Crippen LogP contribution in [0.25, 0.3) is 22.5 Å². The van der Waals surface area contributed by atoms with Crippen LogP contribution in [-0.2, 0) is 22.7 Å². The van der Waals surface area contributed by atoms with Gasteiger partial charge in [-0.05, 0) is 23.6 Å². The molecule has 2 aromatic carbocycles. The van der Waals surface area contributed by atoms with E-state index in [1.54, 1.807) is 24.3 Å². The second-order valence-corrected chi connectivity index (χ2v) is 6.87. The van der Waals surface area contributed by atoms with E-state index in [0.29, 0.717) is 22.8 Å². The van der Waals surface area contributed by atoms with Crippen LogP contribution >= 0.6 is 0 Å². The number of rotatable bonds is 6. The predicted molar refractivity (Wildman–Crippen MR) is 104 cm³/mol. The minimum Gasteiger partial charge on any atom is -0.454 e. The fraction of sp³-hybridized carbons (Fsp3) is 0.238. The third kappa shape index (κ3) is 3.96. The van der Waals surface area contributed by atoms with Gasteiger partial charge in [0.15, 0.2) is 12.2 Å². The van der Waals surface area contributed by atoms with Crippen LogP contribution in [0.5, 0.6) is 0 Å². The van der Waals surface area contributed by atoms with Gasteiger partial charge in [0.2, 0.25) is 5.82 Å². The van der Waals surface area contributed by atoms with Gasteiger partial charge >= 0.3 is 11.7 Å². The number of oxazole rings is 1. The number of hydrogen-bond acceptors (Lipinski definition) is 7. The van der Waals surface area contributed by atoms with E-state index in [9.17, 15) is 9.59 Å². The Hall–Kier alpha value is -3.68. The highest BCUT2D eigenvalue weighted by molar-refractivity contribution is 5.76. The maximum Gasteiger partial charge on any atom is 0.420 e. The number of esters is 1. The first kappa shape index (κ1) is 18.7. The number of carbonyl (C=O) groups is 1. The summed E-state index contributed by atoms with van der Waals surface area (Å²) in [4.78, 5) is 28.3. The normalized spacial score (nSPS) is 11.3. The summed E-state index contributed by atoms with van der Waals surface area (Å²) in [7, 11) is 0. The molecule has 2 aromatic heterocycles. The van der Waals surface area contributed by atoms with E-state index in [1.165, 1.54) is 10.1 Å². The molecule has 0 aliphatic heterocycles. The number of nitrogens with zero attached hydrogens (tertiary/aromatic N) is 3. The van der Waals surface area contributed by atoms with E-state index in [0.717, 1.165) is 5.56 Å². The van der Waals surface area contributed by atoms with Gasteiger partial charge in [0.05, 0.1) is 5.52 Å². The van der Waals surface area contributed by atoms with Crippen molar-refractivity contribution in [3.8, 4) is 11.4 Å². The number of ether oxygens (including phenoxy) is 1. The number of carbonyl (C=O) groups excluding carboxylic acids is 1. The van der Waals surface area contributed by atoms with Crippen molar-refractivity contribution < 1.29 is 18.5 Å². The topological polar surface area (TPSA) is 100 Å². The summed E-state index contributed by atoms with van der Waals surface area (Å²) >= 11 is 0. The van der Waals surface area contributed by atoms with Gasteiger partial charge < -0.3 is 13.7 Å². The van der Waals surface area contributed by atoms with Crippen molar-refractivity contribution in [2.24, 2.45) is 0 Å². The van der Waals surface area contributed by atoms with Crippen LogP contribution in [0.15, 0.2) is 62.3 Å². The number of benzene rings is 2. The molecule has 0 spiro atoms. The molecule has 0 saturated carbocycles. The quantitative estimate of drug-likeness (QED) is 0.462. The maximum absolute atomic E-state index is 12.1. The summed E-state index contributed by atoms with van der Waals surface area (Å²) < 4.78 is 16.6. The molecule has 0 aliphatic rings. The molecule has 0 amide bonds. The highest BCUT2D eigenvalue weighted by atomic mass is 16.6. The second-order valence-electron chi connectivity index (χ2n) is 6.87. The van der Waals surface area contributed by atoms with Crippen molar-refractivity contribution >= 4 is 17.1 Å². The molecule has 4 aromatic rings. The third-order valence-corrected chi connectivity index (χ3v) is 4.52. The fourth-order valence-corrected chi connectivity index (χ4v) is 2.93. The van der Waals surface area contributed by atoms with E-state index in [2.05, 4.69) is 24.0 Å². The molecular weight excluding hydrogens is 374 g/mol. The average molecular weight is 393 g/mol. The van der Waals surface area contributed by atoms with Gasteiger partial charge in [0.25, 0.3) is 5.89 Å². The molecule has 2 heterocycles. The monoisotopic (exact) mass is 393 g/mol. The first-order chi connectivity index (χ1) is 14.0. The van der Waals surface area contributed by atoms with E-state index >= 15 is 0 Å². The summed E-state index contributed by atoms with van der Waals surface area (Å²) in [6, 6.07) is 14.7. The van der Waals surface area contributed by atoms with Crippen LogP contribution < -0.4 is 5.76 Å². The average Bonchev–Trinajstić information content (AvgIpc) is 3.31. The molecule has 0 fully saturated rings. The molecule has 0 N–H and O–H groups in total. The Kier molecular flexibility index (Phi) is 4.99. The maximum atomic E-state index is 12.1. The van der Waals surface area contributed by atoms with E-state index in [-0.39, 0.29) is 19.0 Å². The summed E-state index contributed by atoms with van der Waals surface area (Å²) in [5.41, 5.74) is 2.97. The smallest absolute Gasteiger partial charge is 0.420 e. The lowest BCUT2D eigenvalue weighted by molar-refractivity contribution is -0.146. The van der Waals surface area contributed by atoms with Crippen LogP contribution in [0, 0.1) is 0 Å². The summed E-state index contributed by atoms with van der Waals surface area (Å²) in [5, 5.41) is 3.92. The van der Waals surface area contributed by atoms with Crippen LogP contribution in [0.4, 0.5) is 0 Å². The zero-order valence-corrected chi connectivity index (χ0v) is 16.0. The van der Waals surface area contributed by atoms with Crippen LogP contribution in [0.1, 0.15) is 31.2 Å². The number of aromatic nitrogens is 3. The van der Waals surface area contributed by atoms with Crippen LogP contribution in [0.3, 0.4) is 0 Å². The number of para-hydroxylation sites is 2. The molecule has 29 heavy (non-hydrogen) atoms. The van der Waals surface area contributed by atoms with Crippen molar-refractivity contribution in [1.29, 1.82) is 0 Å². The molecule has 0 radical (unpaired) electrons. The molecule has 4 rings (SSSR count). The van der Waals surface area contributed by atoms with E-state index in [1.807, 2.05) is 24.3 Å². The molecule has 148 valence electrons. The Bertz CT molecular complexity index is 1200. The lowest BCUT2D eigenvalue weighted by atomic mass is 10.0. The lowest BCUT2D eigenvalue weighted by Crippen LogP contribution is -2.21. The van der Waals surface area contributed by atoms with E-state index < -0.39 is 11.7 Å². The van der Waals surface area contributed by atoms with Crippen molar-refractivity contribution in [1.82, 2.24) is 14.7 Å². The molecule has 0 saturated heterocycles. The Labute approximate surface area is 165 Å². The summed E-state index contributed by atoms with van der Waals surface area (Å²) in [6.45, 7) is 3.79. The van der Waals surface area contributed by atoms with Crippen LogP contribution in [0.2, 0.25) is 0 Å². The Morgan fingerprint density at radius 1 is 1.14 bits per heavy atom. The molecular formula is C21H19N3O5. The van der Waals surface area contributed by atoms with Crippen molar-refractivity contribution in [3.63, 3.8) is 0 Å². The lowest BCUT2D eigenvalue weighted by Gasteiger charge is -2.04. The number of hydrogen-bond donors (Lipinski definition) is 0. The predicted octanol–water partition coefficient (Wildman–Crippen LogP) is 3.51. The van der Waals surface area contributed by atoms with Gasteiger partial charge in [-0.1, -0.05) is 55.4 Å². The van der Waals surface area contributed by atoms with E-state index in [4.69, 9.17) is 13.7 Å². The Balaban J connectivity index is 1.40. The van der Waals surface area contributed by atoms with Crippen molar-refractivity contribution in [2.45, 2.75) is 32.9 Å². The zero-order chi connectivity index (χ0) is 20.4. The Morgan fingerprint density at radius 2 is 1.90 bits per heavy atom. The second kappa shape index (κ2) is 7.75. The first-order valence-electron chi connectivity index (χ1n) is 9.18. The third-order valence-electron chi connectivity index (χ3n) is 4.52. The molecule has 0 unspecified atom stereocenters. The highest BCUT2D eigenvalue weighted by Gasteiger charge is 2.15. The van der Waals surface area contributed by atoms with Crippen LogP contribution in [-0.4, -0.2) is 20.7 Å². The molecule has 8 heteroatoms. The molecule has 0 atom stereocenters. The van der Waals surface area contributed by atoms with Crippen molar-refractivity contribution in [2.75, 3.05) is 0 Å². The minimum atomic E-state index is -0.618. The first-order valence-corrected chi connectivity index (χ1v) is 9.18. The minimum absolute atomic E-state index is 0.172. The molecule has 8 nitrogen and oxygen atoms in total. The van der Waals surface area contributed by atoms with Gasteiger partial charge in [-0.3, -0.25) is 9.36 Å². The van der Waals surface area contributed by atoms with Gasteiger partial charge in [-0.25, -0.2) is 4.79 Å². The Morgan fingerprint density at radius 3 is 2.66 bits per heavy atom. The van der Waals surface area contributed by atoms with Gasteiger partial charge in [0, 0.05) is 5.56 Å². The van der Waals surface area contributed by atoms with Gasteiger partial charge in [0.1, 0.15) is 6.54 Å². The van der Waals surface area contributed by atoms with Gasteiger partial charge in [-0.15, -0.1) is 0 Å². The molecule has 0 bridgehead atoms. The molecule has 0 aliphatic carbocycles. The fourth-order valence-electron chi connectivity index (χ4n) is 2.93. The summed E-state index contributed by atoms with van der Waals surface area (Å²) in [5.74, 6) is -0.203.